The van der Waals surface area contributed by atoms with E-state index >= 15 is 0 Å². The van der Waals surface area contributed by atoms with E-state index in [0.717, 1.165) is 0 Å². The number of hydrogen-bond donors (Lipinski definition) is 2. The maximum Gasteiger partial charge on any atom is 0.531 e. The Bertz CT molecular complexity index is 175. The number of aliphatic hydroxyl groups excluding tert-OH is 2. The number of rotatable bonds is 3. The Labute approximate surface area is 56.3 Å². The van der Waals surface area contributed by atoms with Crippen molar-refractivity contribution in [1.82, 2.24) is 0 Å². The third kappa shape index (κ3) is 3.34. The SMILES string of the molecule is O=C(OP(=O)=O)C(O)CO. The van der Waals surface area contributed by atoms with Crippen molar-refractivity contribution >= 4 is 13.9 Å². The molecule has 0 saturated heterocycles. The quantitative estimate of drug-likeness (QED) is 0.522. The molecule has 58 valence electrons. The first-order valence-corrected chi connectivity index (χ1v) is 3.32. The summed E-state index contributed by atoms with van der Waals surface area (Å²) in [5.41, 5.74) is 0. The Balaban J connectivity index is 3.85. The van der Waals surface area contributed by atoms with E-state index in [2.05, 4.69) is 4.52 Å². The zero-order valence-electron chi connectivity index (χ0n) is 4.76. The lowest BCUT2D eigenvalue weighted by Gasteiger charge is -1.99. The maximum absolute atomic E-state index is 10.2. The molecule has 7 heteroatoms. The van der Waals surface area contributed by atoms with Crippen LogP contribution in [0.3, 0.4) is 0 Å². The summed E-state index contributed by atoms with van der Waals surface area (Å²) in [6, 6.07) is 0. The van der Waals surface area contributed by atoms with Crippen LogP contribution in [0.1, 0.15) is 0 Å². The van der Waals surface area contributed by atoms with Crippen LogP contribution in [0.5, 0.6) is 0 Å². The molecule has 1 unspecified atom stereocenters. The fourth-order valence-corrected chi connectivity index (χ4v) is 0.477. The zero-order chi connectivity index (χ0) is 8.15. The summed E-state index contributed by atoms with van der Waals surface area (Å²) in [7, 11) is -3.30. The third-order valence-corrected chi connectivity index (χ3v) is 0.939. The number of carbonyl (C=O) groups excluding carboxylic acids is 1. The number of hydrogen-bond acceptors (Lipinski definition) is 6. The van der Waals surface area contributed by atoms with Gasteiger partial charge in [0, 0.05) is 0 Å². The zero-order valence-corrected chi connectivity index (χ0v) is 5.65. The van der Waals surface area contributed by atoms with Gasteiger partial charge in [0.2, 0.25) is 0 Å². The van der Waals surface area contributed by atoms with Gasteiger partial charge in [0.15, 0.2) is 6.10 Å². The van der Waals surface area contributed by atoms with Crippen molar-refractivity contribution in [3.63, 3.8) is 0 Å². The third-order valence-electron chi connectivity index (χ3n) is 0.610. The van der Waals surface area contributed by atoms with Crippen molar-refractivity contribution in [2.24, 2.45) is 0 Å². The van der Waals surface area contributed by atoms with Gasteiger partial charge in [0.05, 0.1) is 6.61 Å². The van der Waals surface area contributed by atoms with Crippen LogP contribution in [-0.4, -0.2) is 28.9 Å². The number of aliphatic hydroxyl groups is 2. The highest BCUT2D eigenvalue weighted by molar-refractivity contribution is 7.25. The Hall–Kier alpha value is -0.710. The molecule has 0 aromatic heterocycles. The smallest absolute Gasteiger partial charge is 0.393 e. The minimum Gasteiger partial charge on any atom is -0.393 e. The van der Waals surface area contributed by atoms with Gasteiger partial charge >= 0.3 is 13.9 Å². The van der Waals surface area contributed by atoms with Crippen molar-refractivity contribution in [3.05, 3.63) is 0 Å². The Kier molecular flexibility index (Phi) is 3.87. The van der Waals surface area contributed by atoms with Crippen molar-refractivity contribution in [2.75, 3.05) is 6.61 Å². The summed E-state index contributed by atoms with van der Waals surface area (Å²) >= 11 is 0. The van der Waals surface area contributed by atoms with Gasteiger partial charge in [-0.1, -0.05) is 0 Å². The molecule has 0 heterocycles. The Morgan fingerprint density at radius 2 is 2.10 bits per heavy atom. The largest absolute Gasteiger partial charge is 0.531 e. The monoisotopic (exact) mass is 168 g/mol. The lowest BCUT2D eigenvalue weighted by molar-refractivity contribution is -0.145. The highest BCUT2D eigenvalue weighted by Crippen LogP contribution is 2.06. The summed E-state index contributed by atoms with van der Waals surface area (Å²) in [4.78, 5) is 10.2. The van der Waals surface area contributed by atoms with Crippen molar-refractivity contribution in [3.8, 4) is 0 Å². The summed E-state index contributed by atoms with van der Waals surface area (Å²) < 4.78 is 22.8. The van der Waals surface area contributed by atoms with E-state index in [1.165, 1.54) is 0 Å². The van der Waals surface area contributed by atoms with Crippen LogP contribution >= 0.6 is 7.91 Å². The molecule has 0 aliphatic rings. The molecule has 0 fully saturated rings. The van der Waals surface area contributed by atoms with E-state index in [1.54, 1.807) is 0 Å². The van der Waals surface area contributed by atoms with E-state index in [0.29, 0.717) is 0 Å². The predicted molar refractivity (Wildman–Crippen MR) is 27.5 cm³/mol. The van der Waals surface area contributed by atoms with Crippen LogP contribution in [-0.2, 0) is 18.4 Å². The second-order valence-electron chi connectivity index (χ2n) is 1.33. The average Bonchev–Trinajstić information content (AvgIpc) is 1.85. The number of carbonyl (C=O) groups is 1. The highest BCUT2D eigenvalue weighted by atomic mass is 31.1. The Morgan fingerprint density at radius 3 is 2.40 bits per heavy atom. The van der Waals surface area contributed by atoms with E-state index in [9.17, 15) is 13.9 Å². The summed E-state index contributed by atoms with van der Waals surface area (Å²) in [5.74, 6) is -1.38. The topological polar surface area (TPSA) is 101 Å². The molecule has 0 bridgehead atoms. The molecule has 0 radical (unpaired) electrons. The first kappa shape index (κ1) is 9.29. The first-order chi connectivity index (χ1) is 4.57. The molecule has 0 amide bonds. The van der Waals surface area contributed by atoms with Gasteiger partial charge < -0.3 is 14.7 Å². The lowest BCUT2D eigenvalue weighted by Crippen LogP contribution is -2.24. The molecule has 0 saturated carbocycles. The first-order valence-electron chi connectivity index (χ1n) is 2.23. The normalized spacial score (nSPS) is 12.2. The van der Waals surface area contributed by atoms with Gasteiger partial charge in [-0.05, 0) is 0 Å². The molecule has 0 aromatic rings. The molecule has 0 spiro atoms. The molecular formula is C3H5O6P. The molecule has 0 aliphatic carbocycles. The second kappa shape index (κ2) is 4.16. The van der Waals surface area contributed by atoms with Gasteiger partial charge in [-0.15, -0.1) is 0 Å². The predicted octanol–water partition coefficient (Wildman–Crippen LogP) is -1.03. The highest BCUT2D eigenvalue weighted by Gasteiger charge is 2.16. The van der Waals surface area contributed by atoms with Crippen LogP contribution in [0.2, 0.25) is 0 Å². The average molecular weight is 168 g/mol. The molecule has 10 heavy (non-hydrogen) atoms. The van der Waals surface area contributed by atoms with E-state index < -0.39 is 26.6 Å². The molecule has 6 nitrogen and oxygen atoms in total. The fraction of sp³-hybridized carbons (Fsp3) is 0.667. The lowest BCUT2D eigenvalue weighted by atomic mass is 10.4. The van der Waals surface area contributed by atoms with Gasteiger partial charge in [-0.3, -0.25) is 0 Å². The van der Waals surface area contributed by atoms with Crippen LogP contribution in [0.25, 0.3) is 0 Å². The van der Waals surface area contributed by atoms with Gasteiger partial charge in [-0.2, -0.15) is 9.13 Å². The summed E-state index contributed by atoms with van der Waals surface area (Å²) in [6.07, 6.45) is -1.78. The van der Waals surface area contributed by atoms with Gasteiger partial charge in [0.1, 0.15) is 0 Å². The maximum atomic E-state index is 10.2. The van der Waals surface area contributed by atoms with Crippen molar-refractivity contribution in [2.45, 2.75) is 6.10 Å². The minimum atomic E-state index is -3.30. The fourth-order valence-electron chi connectivity index (χ4n) is 0.209. The van der Waals surface area contributed by atoms with Gasteiger partial charge in [-0.25, -0.2) is 4.79 Å². The Morgan fingerprint density at radius 1 is 1.60 bits per heavy atom. The molecular weight excluding hydrogens is 163 g/mol. The minimum absolute atomic E-state index is 0.859. The molecule has 0 aromatic carbocycles. The second-order valence-corrected chi connectivity index (χ2v) is 1.96. The molecule has 1 atom stereocenters. The van der Waals surface area contributed by atoms with Gasteiger partial charge in [0.25, 0.3) is 0 Å². The van der Waals surface area contributed by atoms with Crippen LogP contribution in [0.4, 0.5) is 0 Å². The molecule has 2 N–H and O–H groups in total. The standard InChI is InChI=1S/C3H5O6P/c4-1-2(5)3(6)9-10(7)8/h2,4-5H,1H2. The van der Waals surface area contributed by atoms with Crippen LogP contribution in [0.15, 0.2) is 0 Å². The van der Waals surface area contributed by atoms with E-state index in [4.69, 9.17) is 10.2 Å². The van der Waals surface area contributed by atoms with Crippen molar-refractivity contribution in [1.29, 1.82) is 0 Å². The van der Waals surface area contributed by atoms with Crippen LogP contribution in [0, 0.1) is 0 Å². The van der Waals surface area contributed by atoms with Crippen molar-refractivity contribution < 1.29 is 28.7 Å². The molecule has 0 rings (SSSR count). The molecule has 0 aliphatic heterocycles. The summed E-state index contributed by atoms with van der Waals surface area (Å²) in [6.45, 7) is -0.859. The summed E-state index contributed by atoms with van der Waals surface area (Å²) in [5, 5.41) is 16.5. The van der Waals surface area contributed by atoms with E-state index in [1.807, 2.05) is 0 Å². The van der Waals surface area contributed by atoms with E-state index in [-0.39, 0.29) is 0 Å². The van der Waals surface area contributed by atoms with Crippen LogP contribution < -0.4 is 0 Å².